The molecule has 0 aromatic carbocycles. The molecule has 1 aliphatic carbocycles. The van der Waals surface area contributed by atoms with Crippen molar-refractivity contribution in [3.05, 3.63) is 12.2 Å². The Kier molecular flexibility index (Phi) is 3.87. The lowest BCUT2D eigenvalue weighted by Gasteiger charge is -2.36. The van der Waals surface area contributed by atoms with Crippen molar-refractivity contribution in [2.24, 2.45) is 16.8 Å². The molecule has 0 radical (unpaired) electrons. The van der Waals surface area contributed by atoms with Crippen LogP contribution in [0.15, 0.2) is 17.1 Å². The molecule has 2 heteroatoms. The van der Waals surface area contributed by atoms with Crippen molar-refractivity contribution in [1.82, 2.24) is 0 Å². The van der Waals surface area contributed by atoms with Crippen LogP contribution in [-0.4, -0.2) is 11.6 Å². The molecule has 1 fully saturated rings. The monoisotopic (exact) mass is 207 g/mol. The largest absolute Gasteiger partial charge is 0.235 e. The summed E-state index contributed by atoms with van der Waals surface area (Å²) in [5, 5.41) is 0. The van der Waals surface area contributed by atoms with Gasteiger partial charge in [-0.05, 0) is 58.3 Å². The molecule has 84 valence electrons. The van der Waals surface area contributed by atoms with Gasteiger partial charge in [0.25, 0.3) is 0 Å². The van der Waals surface area contributed by atoms with Crippen LogP contribution in [0.2, 0.25) is 0 Å². The van der Waals surface area contributed by atoms with Crippen LogP contribution in [0.25, 0.3) is 0 Å². The van der Waals surface area contributed by atoms with Gasteiger partial charge in [0.2, 0.25) is 6.08 Å². The van der Waals surface area contributed by atoms with Crippen molar-refractivity contribution in [2.75, 3.05) is 0 Å². The zero-order valence-electron chi connectivity index (χ0n) is 10.0. The van der Waals surface area contributed by atoms with Gasteiger partial charge < -0.3 is 0 Å². The molecule has 0 unspecified atom stereocenters. The summed E-state index contributed by atoms with van der Waals surface area (Å²) in [5.41, 5.74) is 1.06. The van der Waals surface area contributed by atoms with Crippen molar-refractivity contribution in [3.8, 4) is 0 Å². The zero-order chi connectivity index (χ0) is 11.5. The maximum Gasteiger partial charge on any atom is 0.235 e. The molecule has 2 nitrogen and oxygen atoms in total. The van der Waals surface area contributed by atoms with E-state index in [1.807, 2.05) is 13.8 Å². The van der Waals surface area contributed by atoms with Gasteiger partial charge in [0.15, 0.2) is 0 Å². The second-order valence-electron chi connectivity index (χ2n) is 5.25. The first-order valence-electron chi connectivity index (χ1n) is 5.72. The molecular formula is C13H21NO. The van der Waals surface area contributed by atoms with E-state index >= 15 is 0 Å². The zero-order valence-corrected chi connectivity index (χ0v) is 10.0. The predicted octanol–water partition coefficient (Wildman–Crippen LogP) is 3.48. The van der Waals surface area contributed by atoms with Crippen LogP contribution in [0.4, 0.5) is 0 Å². The van der Waals surface area contributed by atoms with Crippen molar-refractivity contribution < 1.29 is 4.79 Å². The Labute approximate surface area is 92.5 Å². The van der Waals surface area contributed by atoms with Gasteiger partial charge in [-0.25, -0.2) is 4.79 Å². The third-order valence-corrected chi connectivity index (χ3v) is 3.76. The number of isocyanates is 1. The van der Waals surface area contributed by atoms with Gasteiger partial charge >= 0.3 is 0 Å². The quantitative estimate of drug-likeness (QED) is 0.396. The lowest BCUT2D eigenvalue weighted by atomic mass is 9.72. The molecule has 0 amide bonds. The Morgan fingerprint density at radius 1 is 1.33 bits per heavy atom. The van der Waals surface area contributed by atoms with Crippen molar-refractivity contribution in [2.45, 2.75) is 52.0 Å². The maximum absolute atomic E-state index is 10.3. The summed E-state index contributed by atoms with van der Waals surface area (Å²) in [6.07, 6.45) is 6.38. The lowest BCUT2D eigenvalue weighted by Crippen LogP contribution is -2.32. The summed E-state index contributed by atoms with van der Waals surface area (Å²) in [6, 6.07) is 0. The number of aliphatic imine (C=N–C) groups is 1. The van der Waals surface area contributed by atoms with Crippen molar-refractivity contribution >= 4 is 6.08 Å². The molecule has 0 aromatic heterocycles. The van der Waals surface area contributed by atoms with E-state index in [1.54, 1.807) is 6.08 Å². The number of nitrogens with zero attached hydrogens (tertiary/aromatic N) is 1. The fourth-order valence-corrected chi connectivity index (χ4v) is 2.50. The minimum atomic E-state index is -0.234. The van der Waals surface area contributed by atoms with Gasteiger partial charge in [0.05, 0.1) is 5.54 Å². The number of allylic oxidation sites excluding steroid dienone is 1. The molecule has 0 aromatic rings. The second-order valence-corrected chi connectivity index (χ2v) is 5.25. The van der Waals surface area contributed by atoms with Crippen LogP contribution in [-0.2, 0) is 4.79 Å². The summed E-state index contributed by atoms with van der Waals surface area (Å²) < 4.78 is 0. The number of carbonyl (C=O) groups excluding carboxylic acids is 1. The summed E-state index contributed by atoms with van der Waals surface area (Å²) in [6.45, 7) is 10.2. The van der Waals surface area contributed by atoms with Gasteiger partial charge in [0.1, 0.15) is 0 Å². The molecule has 1 aliphatic rings. The molecule has 1 rings (SSSR count). The molecule has 0 saturated heterocycles. The average molecular weight is 207 g/mol. The van der Waals surface area contributed by atoms with E-state index in [4.69, 9.17) is 0 Å². The third kappa shape index (κ3) is 3.04. The summed E-state index contributed by atoms with van der Waals surface area (Å²) in [5.74, 6) is 1.20. The van der Waals surface area contributed by atoms with E-state index in [0.29, 0.717) is 11.8 Å². The second kappa shape index (κ2) is 4.76. The highest BCUT2D eigenvalue weighted by Gasteiger charge is 2.33. The first-order valence-corrected chi connectivity index (χ1v) is 5.72. The molecule has 0 heterocycles. The average Bonchev–Trinajstić information content (AvgIpc) is 2.18. The van der Waals surface area contributed by atoms with E-state index in [1.165, 1.54) is 18.4 Å². The van der Waals surface area contributed by atoms with Crippen LogP contribution in [0.3, 0.4) is 0 Å². The Bertz CT molecular complexity index is 279. The van der Waals surface area contributed by atoms with Gasteiger partial charge in [-0.3, -0.25) is 0 Å². The highest BCUT2D eigenvalue weighted by Crippen LogP contribution is 2.39. The number of hydrogen-bond acceptors (Lipinski definition) is 2. The highest BCUT2D eigenvalue weighted by molar-refractivity contribution is 5.34. The minimum absolute atomic E-state index is 0.234. The summed E-state index contributed by atoms with van der Waals surface area (Å²) in [7, 11) is 0. The van der Waals surface area contributed by atoms with Gasteiger partial charge in [-0.1, -0.05) is 12.2 Å². The Balaban J connectivity index is 2.57. The minimum Gasteiger partial charge on any atom is -0.211 e. The Hall–Kier alpha value is -0.880. The van der Waals surface area contributed by atoms with Crippen LogP contribution in [0.5, 0.6) is 0 Å². The maximum atomic E-state index is 10.3. The lowest BCUT2D eigenvalue weighted by molar-refractivity contribution is 0.213. The highest BCUT2D eigenvalue weighted by atomic mass is 16.1. The molecule has 0 spiro atoms. The molecule has 0 bridgehead atoms. The Morgan fingerprint density at radius 2 is 1.87 bits per heavy atom. The molecule has 1 saturated carbocycles. The molecule has 0 N–H and O–H groups in total. The van der Waals surface area contributed by atoms with E-state index in [9.17, 15) is 4.79 Å². The molecular weight excluding hydrogens is 186 g/mol. The smallest absolute Gasteiger partial charge is 0.211 e. The first kappa shape index (κ1) is 12.2. The third-order valence-electron chi connectivity index (χ3n) is 3.76. The number of hydrogen-bond donors (Lipinski definition) is 0. The van der Waals surface area contributed by atoms with Crippen LogP contribution in [0.1, 0.15) is 46.5 Å². The fraction of sp³-hybridized carbons (Fsp3) is 0.769. The first-order chi connectivity index (χ1) is 6.97. The van der Waals surface area contributed by atoms with E-state index in [2.05, 4.69) is 18.5 Å². The van der Waals surface area contributed by atoms with E-state index < -0.39 is 0 Å². The topological polar surface area (TPSA) is 29.4 Å². The van der Waals surface area contributed by atoms with Crippen LogP contribution in [0, 0.1) is 11.8 Å². The van der Waals surface area contributed by atoms with E-state index in [0.717, 1.165) is 12.8 Å². The normalized spacial score (nSPS) is 26.9. The standard InChI is InChI=1S/C13H21NO/c1-10(2)11-5-7-12(8-6-11)13(3,4)14-9-15/h11-12H,1,5-8H2,2-4H3. The van der Waals surface area contributed by atoms with E-state index in [-0.39, 0.29) is 5.54 Å². The Morgan fingerprint density at radius 3 is 2.27 bits per heavy atom. The predicted molar refractivity (Wildman–Crippen MR) is 62.5 cm³/mol. The van der Waals surface area contributed by atoms with Gasteiger partial charge in [0, 0.05) is 0 Å². The van der Waals surface area contributed by atoms with Crippen LogP contribution >= 0.6 is 0 Å². The number of rotatable bonds is 3. The summed E-state index contributed by atoms with van der Waals surface area (Å²) in [4.78, 5) is 14.3. The van der Waals surface area contributed by atoms with Crippen molar-refractivity contribution in [3.63, 3.8) is 0 Å². The summed E-state index contributed by atoms with van der Waals surface area (Å²) >= 11 is 0. The SMILES string of the molecule is C=C(C)C1CCC(C(C)(C)N=C=O)CC1. The molecule has 0 atom stereocenters. The van der Waals surface area contributed by atoms with Crippen LogP contribution < -0.4 is 0 Å². The van der Waals surface area contributed by atoms with Gasteiger partial charge in [-0.2, -0.15) is 4.99 Å². The molecule has 15 heavy (non-hydrogen) atoms. The molecule has 0 aliphatic heterocycles. The fourth-order valence-electron chi connectivity index (χ4n) is 2.50. The van der Waals surface area contributed by atoms with Crippen molar-refractivity contribution in [1.29, 1.82) is 0 Å². The van der Waals surface area contributed by atoms with Gasteiger partial charge in [-0.15, -0.1) is 0 Å².